The van der Waals surface area contributed by atoms with Gasteiger partial charge in [-0.1, -0.05) is 0 Å². The third-order valence-corrected chi connectivity index (χ3v) is 5.80. The zero-order valence-corrected chi connectivity index (χ0v) is 17.4. The van der Waals surface area contributed by atoms with Gasteiger partial charge in [-0.3, -0.25) is 14.3 Å². The lowest BCUT2D eigenvalue weighted by molar-refractivity contribution is -0.137. The molecule has 1 amide bonds. The van der Waals surface area contributed by atoms with Crippen molar-refractivity contribution in [2.45, 2.75) is 37.5 Å². The lowest BCUT2D eigenvalue weighted by Crippen LogP contribution is -2.43. The second kappa shape index (κ2) is 7.77. The molecule has 1 fully saturated rings. The molecule has 0 aliphatic heterocycles. The largest absolute Gasteiger partial charge is 0.494 e. The Bertz CT molecular complexity index is 1190. The SMILES string of the molecule is COc1ccc(-n2c(N(C)C(=O)CC3(O)CCC3)nc3ccc(C(F)(F)F)cc32)cc1F. The first-order valence-corrected chi connectivity index (χ1v) is 9.95. The number of hydrogen-bond donors (Lipinski definition) is 1. The van der Waals surface area contributed by atoms with Crippen molar-refractivity contribution in [3.8, 4) is 11.4 Å². The molecule has 3 aromatic rings. The molecule has 4 rings (SSSR count). The number of fused-ring (bicyclic) bond motifs is 1. The number of carbonyl (C=O) groups excluding carboxylic acids is 1. The number of aliphatic hydroxyl groups is 1. The zero-order chi connectivity index (χ0) is 23.3. The van der Waals surface area contributed by atoms with Crippen molar-refractivity contribution in [1.82, 2.24) is 9.55 Å². The van der Waals surface area contributed by atoms with Gasteiger partial charge in [-0.25, -0.2) is 9.37 Å². The van der Waals surface area contributed by atoms with E-state index in [4.69, 9.17) is 4.74 Å². The van der Waals surface area contributed by atoms with Gasteiger partial charge in [-0.15, -0.1) is 0 Å². The van der Waals surface area contributed by atoms with E-state index < -0.39 is 29.1 Å². The van der Waals surface area contributed by atoms with Gasteiger partial charge in [0.25, 0.3) is 0 Å². The molecule has 6 nitrogen and oxygen atoms in total. The van der Waals surface area contributed by atoms with Crippen LogP contribution in [0.25, 0.3) is 16.7 Å². The van der Waals surface area contributed by atoms with Gasteiger partial charge < -0.3 is 9.84 Å². The molecule has 1 N–H and O–H groups in total. The highest BCUT2D eigenvalue weighted by atomic mass is 19.4. The standard InChI is InChI=1S/C22H21F4N3O3/c1-28(19(30)12-21(31)8-3-9-21)20-27-16-6-4-13(22(24,25)26)10-17(16)29(20)14-5-7-18(32-2)15(23)11-14/h4-7,10-11,31H,3,8-9,12H2,1-2H3. The lowest BCUT2D eigenvalue weighted by atomic mass is 9.77. The molecule has 0 radical (unpaired) electrons. The third-order valence-electron chi connectivity index (χ3n) is 5.80. The minimum Gasteiger partial charge on any atom is -0.494 e. The zero-order valence-electron chi connectivity index (χ0n) is 17.4. The summed E-state index contributed by atoms with van der Waals surface area (Å²) in [7, 11) is 2.72. The quantitative estimate of drug-likeness (QED) is 0.582. The number of alkyl halides is 3. The predicted octanol–water partition coefficient (Wildman–Crippen LogP) is 4.46. The molecule has 0 spiro atoms. The molecule has 1 saturated carbocycles. The van der Waals surface area contributed by atoms with E-state index in [-0.39, 0.29) is 34.8 Å². The highest BCUT2D eigenvalue weighted by Crippen LogP contribution is 2.37. The van der Waals surface area contributed by atoms with Crippen LogP contribution in [0, 0.1) is 5.82 Å². The Kier molecular flexibility index (Phi) is 5.36. The number of methoxy groups -OCH3 is 1. The number of rotatable bonds is 5. The van der Waals surface area contributed by atoms with E-state index in [1.54, 1.807) is 0 Å². The fourth-order valence-corrected chi connectivity index (χ4v) is 3.79. The highest BCUT2D eigenvalue weighted by Gasteiger charge is 2.38. The number of hydrogen-bond acceptors (Lipinski definition) is 4. The summed E-state index contributed by atoms with van der Waals surface area (Å²) >= 11 is 0. The molecular formula is C22H21F4N3O3. The van der Waals surface area contributed by atoms with Crippen molar-refractivity contribution in [3.63, 3.8) is 0 Å². The van der Waals surface area contributed by atoms with Crippen molar-refractivity contribution in [2.24, 2.45) is 0 Å². The fraction of sp³-hybridized carbons (Fsp3) is 0.364. The van der Waals surface area contributed by atoms with Crippen LogP contribution in [0.4, 0.5) is 23.5 Å². The third kappa shape index (κ3) is 3.90. The Morgan fingerprint density at radius 3 is 2.53 bits per heavy atom. The van der Waals surface area contributed by atoms with E-state index in [0.717, 1.165) is 24.6 Å². The van der Waals surface area contributed by atoms with Crippen LogP contribution in [0.2, 0.25) is 0 Å². The van der Waals surface area contributed by atoms with Crippen molar-refractivity contribution in [3.05, 3.63) is 47.8 Å². The van der Waals surface area contributed by atoms with Crippen LogP contribution in [-0.2, 0) is 11.0 Å². The summed E-state index contributed by atoms with van der Waals surface area (Å²) in [5.74, 6) is -1.19. The van der Waals surface area contributed by atoms with Gasteiger partial charge >= 0.3 is 6.18 Å². The van der Waals surface area contributed by atoms with Gasteiger partial charge in [0.1, 0.15) is 0 Å². The number of ether oxygens (including phenoxy) is 1. The maximum atomic E-state index is 14.4. The maximum Gasteiger partial charge on any atom is 0.416 e. The summed E-state index contributed by atoms with van der Waals surface area (Å²) in [6, 6.07) is 6.91. The van der Waals surface area contributed by atoms with Crippen LogP contribution in [0.1, 0.15) is 31.2 Å². The molecule has 0 unspecified atom stereocenters. The van der Waals surface area contributed by atoms with E-state index in [2.05, 4.69) is 4.98 Å². The Morgan fingerprint density at radius 1 is 1.25 bits per heavy atom. The fourth-order valence-electron chi connectivity index (χ4n) is 3.79. The van der Waals surface area contributed by atoms with Crippen LogP contribution < -0.4 is 9.64 Å². The van der Waals surface area contributed by atoms with E-state index in [0.29, 0.717) is 12.8 Å². The molecule has 0 saturated heterocycles. The van der Waals surface area contributed by atoms with Crippen molar-refractivity contribution < 1.29 is 32.2 Å². The Balaban J connectivity index is 1.87. The van der Waals surface area contributed by atoms with Gasteiger partial charge in [-0.2, -0.15) is 13.2 Å². The summed E-state index contributed by atoms with van der Waals surface area (Å²) in [4.78, 5) is 18.4. The molecule has 1 aliphatic carbocycles. The molecule has 1 aliphatic rings. The Hall–Kier alpha value is -3.14. The normalized spacial score (nSPS) is 15.5. The molecule has 10 heteroatoms. The molecule has 1 aromatic heterocycles. The van der Waals surface area contributed by atoms with Gasteiger partial charge in [0.15, 0.2) is 11.6 Å². The van der Waals surface area contributed by atoms with Crippen LogP contribution in [0.3, 0.4) is 0 Å². The summed E-state index contributed by atoms with van der Waals surface area (Å²) in [5, 5.41) is 10.4. The average molecular weight is 451 g/mol. The number of nitrogens with zero attached hydrogens (tertiary/aromatic N) is 3. The predicted molar refractivity (Wildman–Crippen MR) is 109 cm³/mol. The van der Waals surface area contributed by atoms with Crippen LogP contribution in [-0.4, -0.2) is 40.3 Å². The first-order valence-electron chi connectivity index (χ1n) is 9.95. The van der Waals surface area contributed by atoms with Crippen LogP contribution in [0.15, 0.2) is 36.4 Å². The van der Waals surface area contributed by atoms with Crippen molar-refractivity contribution in [1.29, 1.82) is 0 Å². The average Bonchev–Trinajstić information content (AvgIpc) is 3.09. The minimum atomic E-state index is -4.59. The minimum absolute atomic E-state index is 0.0109. The summed E-state index contributed by atoms with van der Waals surface area (Å²) in [5.41, 5.74) is -1.56. The van der Waals surface area contributed by atoms with Gasteiger partial charge in [0.2, 0.25) is 11.9 Å². The highest BCUT2D eigenvalue weighted by molar-refractivity contribution is 5.95. The maximum absolute atomic E-state index is 14.4. The number of amides is 1. The number of aromatic nitrogens is 2. The monoisotopic (exact) mass is 451 g/mol. The van der Waals surface area contributed by atoms with Crippen LogP contribution in [0.5, 0.6) is 5.75 Å². The number of halogens is 4. The van der Waals surface area contributed by atoms with E-state index in [1.165, 1.54) is 41.8 Å². The number of benzene rings is 2. The van der Waals surface area contributed by atoms with Gasteiger partial charge in [-0.05, 0) is 49.6 Å². The topological polar surface area (TPSA) is 67.6 Å². The first-order chi connectivity index (χ1) is 15.0. The number of carbonyl (C=O) groups is 1. The molecule has 1 heterocycles. The second-order valence-corrected chi connectivity index (χ2v) is 7.97. The number of imidazole rings is 1. The van der Waals surface area contributed by atoms with E-state index in [1.807, 2.05) is 0 Å². The number of anilines is 1. The molecule has 0 atom stereocenters. The van der Waals surface area contributed by atoms with E-state index in [9.17, 15) is 27.5 Å². The summed E-state index contributed by atoms with van der Waals surface area (Å²) < 4.78 is 60.6. The smallest absolute Gasteiger partial charge is 0.416 e. The lowest BCUT2D eigenvalue weighted by Gasteiger charge is -2.36. The summed E-state index contributed by atoms with van der Waals surface area (Å²) in [6.07, 6.45) is -2.91. The van der Waals surface area contributed by atoms with Gasteiger partial charge in [0.05, 0.1) is 41.4 Å². The van der Waals surface area contributed by atoms with Gasteiger partial charge in [0, 0.05) is 13.1 Å². The van der Waals surface area contributed by atoms with Crippen molar-refractivity contribution >= 4 is 22.9 Å². The first kappa shape index (κ1) is 22.1. The molecule has 170 valence electrons. The second-order valence-electron chi connectivity index (χ2n) is 7.97. The molecule has 32 heavy (non-hydrogen) atoms. The molecule has 2 aromatic carbocycles. The Morgan fingerprint density at radius 2 is 1.97 bits per heavy atom. The molecular weight excluding hydrogens is 430 g/mol. The molecule has 0 bridgehead atoms. The van der Waals surface area contributed by atoms with E-state index >= 15 is 0 Å². The van der Waals surface area contributed by atoms with Crippen molar-refractivity contribution in [2.75, 3.05) is 19.1 Å². The summed E-state index contributed by atoms with van der Waals surface area (Å²) in [6.45, 7) is 0. The Labute approximate surface area is 181 Å². The van der Waals surface area contributed by atoms with Crippen LogP contribution >= 0.6 is 0 Å².